The molecule has 0 bridgehead atoms. The molecule has 2 atom stereocenters. The van der Waals surface area contributed by atoms with Crippen LogP contribution in [-0.2, 0) is 0 Å². The Kier molecular flexibility index (Phi) is 4.03. The molecule has 0 spiro atoms. The van der Waals surface area contributed by atoms with Crippen molar-refractivity contribution in [1.82, 2.24) is 5.32 Å². The second-order valence-corrected chi connectivity index (χ2v) is 5.30. The summed E-state index contributed by atoms with van der Waals surface area (Å²) in [5.74, 6) is 1.02. The topological polar surface area (TPSA) is 21.3 Å². The number of hydrogen-bond acceptors (Lipinski definition) is 2. The van der Waals surface area contributed by atoms with E-state index in [0.29, 0.717) is 6.04 Å². The van der Waals surface area contributed by atoms with E-state index in [4.69, 9.17) is 4.74 Å². The fourth-order valence-electron chi connectivity index (χ4n) is 2.80. The zero-order valence-corrected chi connectivity index (χ0v) is 11.9. The van der Waals surface area contributed by atoms with Crippen LogP contribution in [-0.4, -0.2) is 6.54 Å². The van der Waals surface area contributed by atoms with Crippen LogP contribution in [0.15, 0.2) is 54.6 Å². The molecule has 1 aliphatic rings. The number of nitrogens with one attached hydrogen (secondary N) is 1. The Balaban J connectivity index is 1.88. The SMILES string of the molecule is CCCNC1CC(c2ccccc2)Oc2ccccc21. The van der Waals surface area contributed by atoms with Gasteiger partial charge >= 0.3 is 0 Å². The van der Waals surface area contributed by atoms with E-state index in [1.807, 2.05) is 12.1 Å². The van der Waals surface area contributed by atoms with Crippen LogP contribution in [0.5, 0.6) is 5.75 Å². The number of benzene rings is 2. The largest absolute Gasteiger partial charge is 0.485 e. The predicted octanol–water partition coefficient (Wildman–Crippen LogP) is 4.25. The highest BCUT2D eigenvalue weighted by molar-refractivity contribution is 5.39. The zero-order chi connectivity index (χ0) is 13.8. The van der Waals surface area contributed by atoms with E-state index < -0.39 is 0 Å². The van der Waals surface area contributed by atoms with E-state index in [-0.39, 0.29) is 6.10 Å². The average Bonchev–Trinajstić information content (AvgIpc) is 2.53. The molecule has 0 saturated carbocycles. The van der Waals surface area contributed by atoms with E-state index in [1.54, 1.807) is 0 Å². The minimum Gasteiger partial charge on any atom is -0.485 e. The number of para-hydroxylation sites is 1. The highest BCUT2D eigenvalue weighted by atomic mass is 16.5. The van der Waals surface area contributed by atoms with E-state index >= 15 is 0 Å². The van der Waals surface area contributed by atoms with Gasteiger partial charge in [0.25, 0.3) is 0 Å². The third kappa shape index (κ3) is 2.70. The molecule has 0 aromatic heterocycles. The molecule has 2 heteroatoms. The minimum absolute atomic E-state index is 0.139. The second kappa shape index (κ2) is 6.10. The highest BCUT2D eigenvalue weighted by Gasteiger charge is 2.28. The van der Waals surface area contributed by atoms with Gasteiger partial charge in [-0.05, 0) is 24.6 Å². The molecule has 0 fully saturated rings. The molecule has 104 valence electrons. The van der Waals surface area contributed by atoms with Gasteiger partial charge in [0.2, 0.25) is 0 Å². The molecule has 2 unspecified atom stereocenters. The van der Waals surface area contributed by atoms with Gasteiger partial charge in [-0.2, -0.15) is 0 Å². The van der Waals surface area contributed by atoms with Crippen molar-refractivity contribution < 1.29 is 4.74 Å². The lowest BCUT2D eigenvalue weighted by Crippen LogP contribution is -2.29. The van der Waals surface area contributed by atoms with Crippen LogP contribution in [0.1, 0.15) is 43.0 Å². The van der Waals surface area contributed by atoms with Gasteiger partial charge in [-0.25, -0.2) is 0 Å². The van der Waals surface area contributed by atoms with Crippen molar-refractivity contribution in [2.24, 2.45) is 0 Å². The minimum atomic E-state index is 0.139. The summed E-state index contributed by atoms with van der Waals surface area (Å²) in [6.45, 7) is 3.24. The van der Waals surface area contributed by atoms with E-state index in [9.17, 15) is 0 Å². The Morgan fingerprint density at radius 2 is 1.80 bits per heavy atom. The third-order valence-electron chi connectivity index (χ3n) is 3.83. The Morgan fingerprint density at radius 3 is 2.60 bits per heavy atom. The molecule has 2 nitrogen and oxygen atoms in total. The quantitative estimate of drug-likeness (QED) is 0.894. The van der Waals surface area contributed by atoms with Gasteiger partial charge in [0.1, 0.15) is 11.9 Å². The van der Waals surface area contributed by atoms with Crippen molar-refractivity contribution in [2.75, 3.05) is 6.54 Å². The molecule has 3 rings (SSSR count). The van der Waals surface area contributed by atoms with Crippen molar-refractivity contribution in [3.05, 3.63) is 65.7 Å². The molecule has 1 heterocycles. The predicted molar refractivity (Wildman–Crippen MR) is 81.9 cm³/mol. The van der Waals surface area contributed by atoms with Crippen LogP contribution in [0.4, 0.5) is 0 Å². The summed E-state index contributed by atoms with van der Waals surface area (Å²) >= 11 is 0. The van der Waals surface area contributed by atoms with Gasteiger partial charge in [-0.1, -0.05) is 55.5 Å². The molecule has 0 radical (unpaired) electrons. The first-order chi connectivity index (χ1) is 9.88. The first-order valence-electron chi connectivity index (χ1n) is 7.42. The van der Waals surface area contributed by atoms with Crippen molar-refractivity contribution in [3.8, 4) is 5.75 Å². The zero-order valence-electron chi connectivity index (χ0n) is 11.9. The summed E-state index contributed by atoms with van der Waals surface area (Å²) in [4.78, 5) is 0. The fourth-order valence-corrected chi connectivity index (χ4v) is 2.80. The Morgan fingerprint density at radius 1 is 1.05 bits per heavy atom. The monoisotopic (exact) mass is 267 g/mol. The van der Waals surface area contributed by atoms with Crippen LogP contribution >= 0.6 is 0 Å². The highest BCUT2D eigenvalue weighted by Crippen LogP contribution is 2.40. The molecule has 0 aliphatic carbocycles. The summed E-state index contributed by atoms with van der Waals surface area (Å²) in [6, 6.07) is 19.3. The van der Waals surface area contributed by atoms with E-state index in [0.717, 1.165) is 25.1 Å². The van der Waals surface area contributed by atoms with Crippen LogP contribution < -0.4 is 10.1 Å². The molecule has 1 N–H and O–H groups in total. The van der Waals surface area contributed by atoms with Crippen LogP contribution in [0.3, 0.4) is 0 Å². The fraction of sp³-hybridized carbons (Fsp3) is 0.333. The van der Waals surface area contributed by atoms with Gasteiger partial charge in [-0.3, -0.25) is 0 Å². The molecule has 20 heavy (non-hydrogen) atoms. The Bertz CT molecular complexity index is 552. The number of rotatable bonds is 4. The molecule has 2 aromatic rings. The lowest BCUT2D eigenvalue weighted by Gasteiger charge is -2.33. The molecular formula is C18H21NO. The van der Waals surface area contributed by atoms with Gasteiger partial charge in [0.05, 0.1) is 0 Å². The summed E-state index contributed by atoms with van der Waals surface area (Å²) in [5, 5.41) is 3.65. The second-order valence-electron chi connectivity index (χ2n) is 5.30. The number of hydrogen-bond donors (Lipinski definition) is 1. The number of ether oxygens (including phenoxy) is 1. The van der Waals surface area contributed by atoms with Crippen LogP contribution in [0, 0.1) is 0 Å². The maximum absolute atomic E-state index is 6.19. The summed E-state index contributed by atoms with van der Waals surface area (Å²) in [6.07, 6.45) is 2.27. The average molecular weight is 267 g/mol. The summed E-state index contributed by atoms with van der Waals surface area (Å²) in [7, 11) is 0. The summed E-state index contributed by atoms with van der Waals surface area (Å²) in [5.41, 5.74) is 2.54. The molecule has 0 amide bonds. The third-order valence-corrected chi connectivity index (χ3v) is 3.83. The van der Waals surface area contributed by atoms with Gasteiger partial charge in [0.15, 0.2) is 0 Å². The molecule has 2 aromatic carbocycles. The molecule has 0 saturated heterocycles. The molecular weight excluding hydrogens is 246 g/mol. The lowest BCUT2D eigenvalue weighted by atomic mass is 9.93. The van der Waals surface area contributed by atoms with Crippen LogP contribution in [0.2, 0.25) is 0 Å². The first kappa shape index (κ1) is 13.2. The Labute approximate surface area is 120 Å². The number of fused-ring (bicyclic) bond motifs is 1. The van der Waals surface area contributed by atoms with Gasteiger partial charge < -0.3 is 10.1 Å². The van der Waals surface area contributed by atoms with E-state index in [1.165, 1.54) is 11.1 Å². The smallest absolute Gasteiger partial charge is 0.126 e. The maximum atomic E-state index is 6.19. The van der Waals surface area contributed by atoms with Crippen molar-refractivity contribution in [2.45, 2.75) is 31.9 Å². The first-order valence-corrected chi connectivity index (χ1v) is 7.42. The lowest BCUT2D eigenvalue weighted by molar-refractivity contribution is 0.151. The van der Waals surface area contributed by atoms with Crippen molar-refractivity contribution in [1.29, 1.82) is 0 Å². The van der Waals surface area contributed by atoms with E-state index in [2.05, 4.69) is 54.7 Å². The van der Waals surface area contributed by atoms with Crippen molar-refractivity contribution >= 4 is 0 Å². The van der Waals surface area contributed by atoms with Gasteiger partial charge in [-0.15, -0.1) is 0 Å². The maximum Gasteiger partial charge on any atom is 0.126 e. The standard InChI is InChI=1S/C18H21NO/c1-2-12-19-16-13-18(14-8-4-3-5-9-14)20-17-11-7-6-10-15(16)17/h3-11,16,18-19H,2,12-13H2,1H3. The molecule has 1 aliphatic heterocycles. The normalized spacial score (nSPS) is 21.1. The summed E-state index contributed by atoms with van der Waals surface area (Å²) < 4.78 is 6.19. The Hall–Kier alpha value is -1.80. The van der Waals surface area contributed by atoms with Crippen molar-refractivity contribution in [3.63, 3.8) is 0 Å². The van der Waals surface area contributed by atoms with Crippen LogP contribution in [0.25, 0.3) is 0 Å². The van der Waals surface area contributed by atoms with Gasteiger partial charge in [0, 0.05) is 18.0 Å².